The number of nitrogens with one attached hydrogen (secondary N) is 1. The van der Waals surface area contributed by atoms with Crippen molar-refractivity contribution >= 4 is 35.2 Å². The molecule has 0 saturated carbocycles. The maximum atomic E-state index is 12.7. The lowest BCUT2D eigenvalue weighted by atomic mass is 10.2. The number of nitrogens with zero attached hydrogens (tertiary/aromatic N) is 2. The predicted octanol–water partition coefficient (Wildman–Crippen LogP) is 3.22. The van der Waals surface area contributed by atoms with Gasteiger partial charge in [0.1, 0.15) is 11.8 Å². The second-order valence-corrected chi connectivity index (χ2v) is 7.57. The third-order valence-electron chi connectivity index (χ3n) is 5.04. The highest BCUT2D eigenvalue weighted by molar-refractivity contribution is 6.30. The van der Waals surface area contributed by atoms with Gasteiger partial charge in [-0.05, 0) is 48.9 Å². The monoisotopic (exact) mass is 427 g/mol. The van der Waals surface area contributed by atoms with Crippen LogP contribution in [-0.4, -0.2) is 56.0 Å². The van der Waals surface area contributed by atoms with E-state index in [9.17, 15) is 9.59 Å². The van der Waals surface area contributed by atoms with Crippen molar-refractivity contribution in [3.8, 4) is 5.75 Å². The minimum Gasteiger partial charge on any atom is -0.497 e. The lowest BCUT2D eigenvalue weighted by Crippen LogP contribution is -2.54. The summed E-state index contributed by atoms with van der Waals surface area (Å²) >= 11 is 6.07. The number of hydrogen-bond donors (Lipinski definition) is 1. The minimum absolute atomic E-state index is 0.0769. The number of ether oxygens (including phenoxy) is 1. The highest BCUT2D eigenvalue weighted by atomic mass is 35.5. The first-order valence-corrected chi connectivity index (χ1v) is 10.3. The number of amides is 2. The fourth-order valence-electron chi connectivity index (χ4n) is 3.34. The molecule has 0 unspecified atom stereocenters. The zero-order chi connectivity index (χ0) is 21.5. The lowest BCUT2D eigenvalue weighted by Gasteiger charge is -2.37. The molecule has 7 heteroatoms. The van der Waals surface area contributed by atoms with Crippen molar-refractivity contribution in [2.75, 3.05) is 38.2 Å². The van der Waals surface area contributed by atoms with E-state index in [1.807, 2.05) is 48.5 Å². The molecular formula is C23H26ClN3O3. The van der Waals surface area contributed by atoms with Crippen molar-refractivity contribution in [2.45, 2.75) is 13.0 Å². The highest BCUT2D eigenvalue weighted by Crippen LogP contribution is 2.21. The molecule has 158 valence electrons. The van der Waals surface area contributed by atoms with Gasteiger partial charge in [-0.15, -0.1) is 0 Å². The van der Waals surface area contributed by atoms with Gasteiger partial charge in [0.2, 0.25) is 11.8 Å². The molecular weight excluding hydrogens is 402 g/mol. The third-order valence-corrected chi connectivity index (χ3v) is 5.27. The van der Waals surface area contributed by atoms with Crippen LogP contribution in [0.1, 0.15) is 12.5 Å². The van der Waals surface area contributed by atoms with E-state index in [1.54, 1.807) is 25.0 Å². The standard InChI is InChI=1S/C23H26ClN3O3/c1-17(25-22(28)11-8-18-6-9-21(30-2)10-7-18)23(29)27-14-12-26(13-15-27)20-5-3-4-19(24)16-20/h3-11,16-17H,12-15H2,1-2H3,(H,25,28)/b11-8+/t17-/m0/s1. The zero-order valence-electron chi connectivity index (χ0n) is 17.2. The number of carbonyl (C=O) groups excluding carboxylic acids is 2. The van der Waals surface area contributed by atoms with Crippen LogP contribution in [0.4, 0.5) is 5.69 Å². The summed E-state index contributed by atoms with van der Waals surface area (Å²) < 4.78 is 5.11. The first-order chi connectivity index (χ1) is 14.5. The molecule has 0 spiro atoms. The molecule has 30 heavy (non-hydrogen) atoms. The number of benzene rings is 2. The molecule has 0 radical (unpaired) electrons. The Hall–Kier alpha value is -2.99. The van der Waals surface area contributed by atoms with Crippen LogP contribution >= 0.6 is 11.6 Å². The first kappa shape index (κ1) is 21.7. The second kappa shape index (κ2) is 10.2. The average Bonchev–Trinajstić information content (AvgIpc) is 2.77. The van der Waals surface area contributed by atoms with Gasteiger partial charge in [-0.3, -0.25) is 9.59 Å². The van der Waals surface area contributed by atoms with Crippen molar-refractivity contribution < 1.29 is 14.3 Å². The van der Waals surface area contributed by atoms with Gasteiger partial charge in [-0.25, -0.2) is 0 Å². The van der Waals surface area contributed by atoms with Gasteiger partial charge in [-0.1, -0.05) is 29.8 Å². The summed E-state index contributed by atoms with van der Waals surface area (Å²) in [6, 6.07) is 14.5. The van der Waals surface area contributed by atoms with E-state index in [-0.39, 0.29) is 11.8 Å². The maximum absolute atomic E-state index is 12.7. The molecule has 2 aromatic carbocycles. The van der Waals surface area contributed by atoms with Gasteiger partial charge in [-0.2, -0.15) is 0 Å². The molecule has 1 atom stereocenters. The Kier molecular flexibility index (Phi) is 7.36. The lowest BCUT2D eigenvalue weighted by molar-refractivity contribution is -0.135. The summed E-state index contributed by atoms with van der Waals surface area (Å²) in [5.74, 6) is 0.377. The quantitative estimate of drug-likeness (QED) is 0.719. The van der Waals surface area contributed by atoms with Crippen molar-refractivity contribution in [2.24, 2.45) is 0 Å². The molecule has 1 saturated heterocycles. The molecule has 1 N–H and O–H groups in total. The van der Waals surface area contributed by atoms with Crippen LogP contribution in [-0.2, 0) is 9.59 Å². The normalized spacial score (nSPS) is 15.2. The Morgan fingerprint density at radius 1 is 1.10 bits per heavy atom. The Labute approximate surface area is 182 Å². The van der Waals surface area contributed by atoms with Gasteiger partial charge >= 0.3 is 0 Å². The van der Waals surface area contributed by atoms with Crippen molar-refractivity contribution in [1.82, 2.24) is 10.2 Å². The molecule has 2 amide bonds. The maximum Gasteiger partial charge on any atom is 0.244 e. The number of methoxy groups -OCH3 is 1. The molecule has 2 aromatic rings. The van der Waals surface area contributed by atoms with Crippen molar-refractivity contribution in [3.05, 3.63) is 65.2 Å². The van der Waals surface area contributed by atoms with E-state index in [0.29, 0.717) is 18.1 Å². The molecule has 1 aliphatic heterocycles. The third kappa shape index (κ3) is 5.76. The fourth-order valence-corrected chi connectivity index (χ4v) is 3.53. The highest BCUT2D eigenvalue weighted by Gasteiger charge is 2.25. The largest absolute Gasteiger partial charge is 0.497 e. The summed E-state index contributed by atoms with van der Waals surface area (Å²) in [6.45, 7) is 4.37. The van der Waals surface area contributed by atoms with Crippen LogP contribution in [0.2, 0.25) is 5.02 Å². The Bertz CT molecular complexity index is 906. The first-order valence-electron chi connectivity index (χ1n) is 9.88. The average molecular weight is 428 g/mol. The van der Waals surface area contributed by atoms with Crippen LogP contribution in [0.15, 0.2) is 54.6 Å². The number of halogens is 1. The summed E-state index contributed by atoms with van der Waals surface area (Å²) in [5.41, 5.74) is 1.93. The molecule has 3 rings (SSSR count). The van der Waals surface area contributed by atoms with Gasteiger partial charge < -0.3 is 19.9 Å². The van der Waals surface area contributed by atoms with E-state index in [4.69, 9.17) is 16.3 Å². The molecule has 1 aliphatic rings. The van der Waals surface area contributed by atoms with E-state index in [2.05, 4.69) is 10.2 Å². The van der Waals surface area contributed by atoms with Gasteiger partial charge in [0, 0.05) is 43.0 Å². The number of rotatable bonds is 6. The Balaban J connectivity index is 1.48. The van der Waals surface area contributed by atoms with Gasteiger partial charge in [0.15, 0.2) is 0 Å². The summed E-state index contributed by atoms with van der Waals surface area (Å²) in [5, 5.41) is 3.45. The molecule has 1 fully saturated rings. The zero-order valence-corrected chi connectivity index (χ0v) is 17.9. The summed E-state index contributed by atoms with van der Waals surface area (Å²) in [4.78, 5) is 28.9. The topological polar surface area (TPSA) is 61.9 Å². The number of anilines is 1. The Morgan fingerprint density at radius 2 is 1.80 bits per heavy atom. The van der Waals surface area contributed by atoms with Gasteiger partial charge in [0.05, 0.1) is 7.11 Å². The number of carbonyl (C=O) groups is 2. The van der Waals surface area contributed by atoms with Crippen molar-refractivity contribution in [3.63, 3.8) is 0 Å². The van der Waals surface area contributed by atoms with E-state index in [0.717, 1.165) is 30.1 Å². The van der Waals surface area contributed by atoms with Crippen LogP contribution in [0, 0.1) is 0 Å². The van der Waals surface area contributed by atoms with Crippen LogP contribution in [0.5, 0.6) is 5.75 Å². The van der Waals surface area contributed by atoms with E-state index < -0.39 is 6.04 Å². The van der Waals surface area contributed by atoms with E-state index in [1.165, 1.54) is 6.08 Å². The summed E-state index contributed by atoms with van der Waals surface area (Å²) in [7, 11) is 1.60. The molecule has 0 bridgehead atoms. The summed E-state index contributed by atoms with van der Waals surface area (Å²) in [6.07, 6.45) is 3.14. The van der Waals surface area contributed by atoms with Crippen LogP contribution in [0.3, 0.4) is 0 Å². The number of hydrogen-bond acceptors (Lipinski definition) is 4. The van der Waals surface area contributed by atoms with Gasteiger partial charge in [0.25, 0.3) is 0 Å². The van der Waals surface area contributed by atoms with Crippen LogP contribution < -0.4 is 15.0 Å². The fraction of sp³-hybridized carbons (Fsp3) is 0.304. The molecule has 0 aromatic heterocycles. The molecule has 6 nitrogen and oxygen atoms in total. The van der Waals surface area contributed by atoms with Crippen LogP contribution in [0.25, 0.3) is 6.08 Å². The SMILES string of the molecule is COc1ccc(/C=C/C(=O)N[C@@H](C)C(=O)N2CCN(c3cccc(Cl)c3)CC2)cc1. The smallest absolute Gasteiger partial charge is 0.244 e. The van der Waals surface area contributed by atoms with E-state index >= 15 is 0 Å². The second-order valence-electron chi connectivity index (χ2n) is 7.13. The van der Waals surface area contributed by atoms with Crippen molar-refractivity contribution in [1.29, 1.82) is 0 Å². The minimum atomic E-state index is -0.587. The molecule has 0 aliphatic carbocycles. The Morgan fingerprint density at radius 3 is 2.43 bits per heavy atom. The molecule has 1 heterocycles. The number of piperazine rings is 1. The predicted molar refractivity (Wildman–Crippen MR) is 120 cm³/mol.